The molecule has 1 N–H and O–H groups in total. The van der Waals surface area contributed by atoms with Crippen molar-refractivity contribution in [3.63, 3.8) is 0 Å². The van der Waals surface area contributed by atoms with E-state index in [0.29, 0.717) is 6.04 Å². The molecular weight excluding hydrogens is 278 g/mol. The summed E-state index contributed by atoms with van der Waals surface area (Å²) < 4.78 is 0. The molecule has 0 aromatic carbocycles. The molecule has 102 valence electrons. The summed E-state index contributed by atoms with van der Waals surface area (Å²) >= 11 is 3.75. The molecule has 1 fully saturated rings. The average molecular weight is 295 g/mol. The number of H-pyrrole nitrogens is 1. The summed E-state index contributed by atoms with van der Waals surface area (Å²) in [5.74, 6) is 4.15. The summed E-state index contributed by atoms with van der Waals surface area (Å²) in [5, 5.41) is 10.5. The predicted molar refractivity (Wildman–Crippen MR) is 78.4 cm³/mol. The van der Waals surface area contributed by atoms with Crippen molar-refractivity contribution in [3.05, 3.63) is 28.2 Å². The molecule has 0 aliphatic carbocycles. The van der Waals surface area contributed by atoms with Crippen molar-refractivity contribution < 1.29 is 0 Å². The quantitative estimate of drug-likeness (QED) is 0.936. The zero-order chi connectivity index (χ0) is 13.1. The van der Waals surface area contributed by atoms with Crippen molar-refractivity contribution in [3.8, 4) is 0 Å². The normalized spacial score (nSPS) is 20.8. The Bertz CT molecular complexity index is 510. The van der Waals surface area contributed by atoms with Crippen molar-refractivity contribution in [1.29, 1.82) is 0 Å². The van der Waals surface area contributed by atoms with Gasteiger partial charge in [-0.2, -0.15) is 16.9 Å². The minimum atomic E-state index is 0.411. The van der Waals surface area contributed by atoms with Crippen molar-refractivity contribution in [2.45, 2.75) is 25.9 Å². The lowest BCUT2D eigenvalue weighted by Gasteiger charge is -2.33. The lowest BCUT2D eigenvalue weighted by atomic mass is 10.2. The third-order valence-electron chi connectivity index (χ3n) is 3.22. The maximum atomic E-state index is 4.51. The Morgan fingerprint density at radius 1 is 1.53 bits per heavy atom. The minimum Gasteiger partial charge on any atom is -0.285 e. The van der Waals surface area contributed by atoms with Crippen LogP contribution in [-0.4, -0.2) is 43.1 Å². The van der Waals surface area contributed by atoms with Gasteiger partial charge in [0.05, 0.1) is 12.6 Å². The topological polar surface area (TPSA) is 57.7 Å². The number of nitrogens with zero attached hydrogens (tertiary/aromatic N) is 4. The second-order valence-corrected chi connectivity index (χ2v) is 6.56. The number of aromatic amines is 1. The first kappa shape index (κ1) is 13.1. The van der Waals surface area contributed by atoms with E-state index in [-0.39, 0.29) is 0 Å². The van der Waals surface area contributed by atoms with Gasteiger partial charge in [-0.25, -0.2) is 9.97 Å². The fourth-order valence-corrected chi connectivity index (χ4v) is 4.21. The number of hydrogen-bond acceptors (Lipinski definition) is 6. The molecule has 2 aromatic heterocycles. The molecule has 5 nitrogen and oxygen atoms in total. The third kappa shape index (κ3) is 2.98. The highest BCUT2D eigenvalue weighted by atomic mass is 32.2. The van der Waals surface area contributed by atoms with Crippen LogP contribution in [0.15, 0.2) is 11.6 Å². The van der Waals surface area contributed by atoms with Crippen LogP contribution in [0.3, 0.4) is 0 Å². The zero-order valence-corrected chi connectivity index (χ0v) is 12.5. The second kappa shape index (κ2) is 6.02. The zero-order valence-electron chi connectivity index (χ0n) is 10.9. The Morgan fingerprint density at radius 2 is 2.47 bits per heavy atom. The fraction of sp³-hybridized carbons (Fsp3) is 0.583. The summed E-state index contributed by atoms with van der Waals surface area (Å²) in [6.45, 7) is 3.98. The van der Waals surface area contributed by atoms with E-state index >= 15 is 0 Å². The first-order valence-electron chi connectivity index (χ1n) is 6.48. The average Bonchev–Trinajstić information content (AvgIpc) is 3.10. The lowest BCUT2D eigenvalue weighted by Crippen LogP contribution is -2.35. The smallest absolute Gasteiger partial charge is 0.150 e. The standard InChI is InChI=1S/C12H17N5S2/c1-2-10-14-11(16-15-10)7-17-4-6-18-8-9(17)12-13-3-5-19-12/h3,5,9H,2,4,6-8H2,1H3,(H,14,15,16). The largest absolute Gasteiger partial charge is 0.285 e. The third-order valence-corrected chi connectivity index (χ3v) is 5.12. The molecule has 2 aromatic rings. The molecule has 19 heavy (non-hydrogen) atoms. The number of aromatic nitrogens is 4. The summed E-state index contributed by atoms with van der Waals surface area (Å²) in [4.78, 5) is 11.4. The first-order chi connectivity index (χ1) is 9.36. The summed E-state index contributed by atoms with van der Waals surface area (Å²) in [6, 6.07) is 0.411. The molecule has 3 heterocycles. The Morgan fingerprint density at radius 3 is 3.21 bits per heavy atom. The maximum Gasteiger partial charge on any atom is 0.150 e. The van der Waals surface area contributed by atoms with E-state index < -0.39 is 0 Å². The van der Waals surface area contributed by atoms with Crippen LogP contribution >= 0.6 is 23.1 Å². The van der Waals surface area contributed by atoms with Gasteiger partial charge >= 0.3 is 0 Å². The van der Waals surface area contributed by atoms with Crippen LogP contribution in [0.1, 0.15) is 29.6 Å². The van der Waals surface area contributed by atoms with Gasteiger partial charge in [-0.15, -0.1) is 11.3 Å². The Labute approximate surface area is 120 Å². The molecule has 1 aliphatic heterocycles. The van der Waals surface area contributed by atoms with Crippen molar-refractivity contribution in [1.82, 2.24) is 25.1 Å². The number of hydrogen-bond donors (Lipinski definition) is 1. The highest BCUT2D eigenvalue weighted by Gasteiger charge is 2.26. The first-order valence-corrected chi connectivity index (χ1v) is 8.51. The van der Waals surface area contributed by atoms with Gasteiger partial charge in [-0.05, 0) is 0 Å². The molecule has 1 unspecified atom stereocenters. The number of nitrogens with one attached hydrogen (secondary N) is 1. The Hall–Kier alpha value is -0.920. The van der Waals surface area contributed by atoms with Gasteiger partial charge in [-0.1, -0.05) is 6.92 Å². The molecule has 0 spiro atoms. The fourth-order valence-electron chi connectivity index (χ4n) is 2.21. The molecule has 0 amide bonds. The highest BCUT2D eigenvalue weighted by molar-refractivity contribution is 7.99. The van der Waals surface area contributed by atoms with Gasteiger partial charge in [0.2, 0.25) is 0 Å². The maximum absolute atomic E-state index is 4.51. The molecule has 1 saturated heterocycles. The van der Waals surface area contributed by atoms with Crippen molar-refractivity contribution in [2.75, 3.05) is 18.1 Å². The van der Waals surface area contributed by atoms with Gasteiger partial charge in [0.1, 0.15) is 16.7 Å². The molecule has 3 rings (SSSR count). The van der Waals surface area contributed by atoms with Gasteiger partial charge in [-0.3, -0.25) is 10.00 Å². The van der Waals surface area contributed by atoms with E-state index in [2.05, 4.69) is 37.4 Å². The van der Waals surface area contributed by atoms with Gasteiger partial charge < -0.3 is 0 Å². The van der Waals surface area contributed by atoms with Crippen molar-refractivity contribution in [2.24, 2.45) is 0 Å². The second-order valence-electron chi connectivity index (χ2n) is 4.48. The van der Waals surface area contributed by atoms with E-state index in [1.54, 1.807) is 11.3 Å². The van der Waals surface area contributed by atoms with Crippen LogP contribution < -0.4 is 0 Å². The SMILES string of the molecule is CCc1n[nH]c(CN2CCSCC2c2nccs2)n1. The lowest BCUT2D eigenvalue weighted by molar-refractivity contribution is 0.206. The van der Waals surface area contributed by atoms with Crippen LogP contribution in [0.25, 0.3) is 0 Å². The van der Waals surface area contributed by atoms with E-state index in [1.165, 1.54) is 10.8 Å². The van der Waals surface area contributed by atoms with Crippen LogP contribution in [0.4, 0.5) is 0 Å². The number of aryl methyl sites for hydroxylation is 1. The number of thioether (sulfide) groups is 1. The van der Waals surface area contributed by atoms with Gasteiger partial charge in [0, 0.05) is 36.0 Å². The van der Waals surface area contributed by atoms with Crippen LogP contribution in [0.2, 0.25) is 0 Å². The molecular formula is C12H17N5S2. The van der Waals surface area contributed by atoms with Crippen LogP contribution in [0.5, 0.6) is 0 Å². The van der Waals surface area contributed by atoms with E-state index in [1.807, 2.05) is 18.0 Å². The van der Waals surface area contributed by atoms with E-state index in [4.69, 9.17) is 0 Å². The summed E-state index contributed by atoms with van der Waals surface area (Å²) in [6.07, 6.45) is 2.77. The van der Waals surface area contributed by atoms with Gasteiger partial charge in [0.25, 0.3) is 0 Å². The molecule has 0 bridgehead atoms. The molecule has 0 saturated carbocycles. The Balaban J connectivity index is 1.73. The minimum absolute atomic E-state index is 0.411. The summed E-state index contributed by atoms with van der Waals surface area (Å²) in [7, 11) is 0. The number of rotatable bonds is 4. The van der Waals surface area contributed by atoms with Crippen molar-refractivity contribution >= 4 is 23.1 Å². The molecule has 1 aliphatic rings. The molecule has 7 heteroatoms. The Kier molecular flexibility index (Phi) is 4.15. The predicted octanol–water partition coefficient (Wildman–Crippen LogP) is 2.11. The van der Waals surface area contributed by atoms with Crippen LogP contribution in [0, 0.1) is 0 Å². The molecule has 0 radical (unpaired) electrons. The summed E-state index contributed by atoms with van der Waals surface area (Å²) in [5.41, 5.74) is 0. The van der Waals surface area contributed by atoms with E-state index in [0.717, 1.165) is 36.9 Å². The van der Waals surface area contributed by atoms with Gasteiger partial charge in [0.15, 0.2) is 0 Å². The van der Waals surface area contributed by atoms with E-state index in [9.17, 15) is 0 Å². The number of thiazole rings is 1. The monoisotopic (exact) mass is 295 g/mol. The van der Waals surface area contributed by atoms with Crippen LogP contribution in [-0.2, 0) is 13.0 Å². The molecule has 1 atom stereocenters. The highest BCUT2D eigenvalue weighted by Crippen LogP contribution is 2.31.